The molecule has 0 rings (SSSR count). The van der Waals surface area contributed by atoms with Crippen LogP contribution in [0.1, 0.15) is 142 Å². The van der Waals surface area contributed by atoms with Crippen LogP contribution < -0.4 is 5.11 Å². The second kappa shape index (κ2) is 40.8. The molecular weight excluding hydrogens is 739 g/mol. The van der Waals surface area contributed by atoms with Crippen molar-refractivity contribution in [3.8, 4) is 0 Å². The number of carbonyl (C=O) groups is 3. The van der Waals surface area contributed by atoms with Crippen molar-refractivity contribution in [2.75, 3.05) is 41.0 Å². The largest absolute Gasteiger partial charge is 0.544 e. The fraction of sp³-hybridized carbons (Fsp3) is 0.588. The summed E-state index contributed by atoms with van der Waals surface area (Å²) in [5, 5.41) is 11.6. The molecule has 0 N–H and O–H groups in total. The third kappa shape index (κ3) is 39.2. The lowest BCUT2D eigenvalue weighted by Gasteiger charge is -2.34. The molecule has 0 aromatic rings. The SMILES string of the molecule is CC/C=C/C/C=C/C/C=C/C/C=C/C/C=C/CCCC(=O)OC(COCCC(C(=O)[O-])[N+](C)(C)C)COC(=O)CCCCCCC/C=C/C=C/C=C/C=C/CCCCC. The minimum Gasteiger partial charge on any atom is -0.544 e. The number of carboxylic acid groups (broad SMARTS) is 1. The van der Waals surface area contributed by atoms with Gasteiger partial charge in [0.05, 0.1) is 40.3 Å². The number of esters is 2. The molecule has 0 bridgehead atoms. The molecule has 8 nitrogen and oxygen atoms in total. The maximum absolute atomic E-state index is 12.7. The van der Waals surface area contributed by atoms with Gasteiger partial charge in [-0.1, -0.05) is 155 Å². The molecule has 0 aromatic carbocycles. The number of allylic oxidation sites excluding steroid dienone is 18. The molecule has 8 heteroatoms. The summed E-state index contributed by atoms with van der Waals surface area (Å²) < 4.78 is 17.1. The number of carbonyl (C=O) groups excluding carboxylic acids is 3. The quantitative estimate of drug-likeness (QED) is 0.0201. The van der Waals surface area contributed by atoms with Gasteiger partial charge in [-0.15, -0.1) is 0 Å². The molecule has 0 amide bonds. The molecule has 0 aliphatic carbocycles. The molecule has 0 fully saturated rings. The highest BCUT2D eigenvalue weighted by atomic mass is 16.6. The van der Waals surface area contributed by atoms with Crippen molar-refractivity contribution in [2.45, 2.75) is 154 Å². The van der Waals surface area contributed by atoms with Crippen molar-refractivity contribution in [3.63, 3.8) is 0 Å². The standard InChI is InChI=1S/C51H81NO7/c1-6-8-10-12-14-16-18-20-22-24-26-27-29-31-33-35-37-39-41-49(53)58-46-47(45-57-44-43-48(51(55)56)52(3,4)5)59-50(54)42-40-38-36-34-32-30-28-25-23-21-19-17-15-13-11-9-7-2/h9,11,14-18,20-24,26-28,30,34,36,47-48H,6-8,10,12-13,19,25,29,31-33,35,37-46H2,1-5H3/b11-9+,16-14+,17-15+,20-18+,23-21+,24-22+,27-26+,30-28+,36-34+. The molecule has 0 saturated heterocycles. The molecule has 0 aromatic heterocycles. The topological polar surface area (TPSA) is 102 Å². The molecule has 0 radical (unpaired) electrons. The summed E-state index contributed by atoms with van der Waals surface area (Å²) >= 11 is 0. The van der Waals surface area contributed by atoms with Crippen molar-refractivity contribution in [1.82, 2.24) is 0 Å². The number of hydrogen-bond acceptors (Lipinski definition) is 7. The normalized spacial score (nSPS) is 14.0. The van der Waals surface area contributed by atoms with Gasteiger partial charge in [0, 0.05) is 19.3 Å². The van der Waals surface area contributed by atoms with Crippen molar-refractivity contribution in [2.24, 2.45) is 0 Å². The van der Waals surface area contributed by atoms with Crippen LogP contribution in [-0.4, -0.2) is 75.5 Å². The van der Waals surface area contributed by atoms with Crippen molar-refractivity contribution < 1.29 is 38.2 Å². The molecule has 2 atom stereocenters. The van der Waals surface area contributed by atoms with Gasteiger partial charge in [-0.3, -0.25) is 9.59 Å². The molecule has 2 unspecified atom stereocenters. The average Bonchev–Trinajstić information content (AvgIpc) is 3.19. The fourth-order valence-corrected chi connectivity index (χ4v) is 5.76. The van der Waals surface area contributed by atoms with Gasteiger partial charge in [0.1, 0.15) is 12.6 Å². The number of rotatable bonds is 38. The number of ether oxygens (including phenoxy) is 3. The van der Waals surface area contributed by atoms with E-state index in [2.05, 4.69) is 111 Å². The van der Waals surface area contributed by atoms with Crippen LogP contribution in [0, 0.1) is 0 Å². The van der Waals surface area contributed by atoms with Crippen LogP contribution in [0.15, 0.2) is 109 Å². The van der Waals surface area contributed by atoms with E-state index in [0.29, 0.717) is 12.8 Å². The number of carboxylic acids is 1. The van der Waals surface area contributed by atoms with E-state index in [0.717, 1.165) is 83.5 Å². The second-order valence-electron chi connectivity index (χ2n) is 15.6. The Bertz CT molecular complexity index is 1330. The Morgan fingerprint density at radius 3 is 1.59 bits per heavy atom. The molecule has 0 aliphatic heterocycles. The minimum absolute atomic E-state index is 0.00216. The Balaban J connectivity index is 4.51. The van der Waals surface area contributed by atoms with Gasteiger partial charge in [-0.05, 0) is 77.0 Å². The third-order valence-corrected chi connectivity index (χ3v) is 9.24. The summed E-state index contributed by atoms with van der Waals surface area (Å²) in [5.41, 5.74) is 0. The fourth-order valence-electron chi connectivity index (χ4n) is 5.76. The monoisotopic (exact) mass is 820 g/mol. The highest BCUT2D eigenvalue weighted by molar-refractivity contribution is 5.70. The molecule has 0 heterocycles. The average molecular weight is 820 g/mol. The van der Waals surface area contributed by atoms with Crippen LogP contribution in [0.5, 0.6) is 0 Å². The molecule has 0 spiro atoms. The highest BCUT2D eigenvalue weighted by Crippen LogP contribution is 2.11. The maximum Gasteiger partial charge on any atom is 0.306 e. The number of unbranched alkanes of at least 4 members (excludes halogenated alkanes) is 9. The first-order valence-corrected chi connectivity index (χ1v) is 22.5. The first-order valence-electron chi connectivity index (χ1n) is 22.5. The summed E-state index contributed by atoms with van der Waals surface area (Å²) in [7, 11) is 5.36. The van der Waals surface area contributed by atoms with Crippen LogP contribution >= 0.6 is 0 Å². The van der Waals surface area contributed by atoms with Crippen LogP contribution in [-0.2, 0) is 28.6 Å². The Morgan fingerprint density at radius 2 is 1.03 bits per heavy atom. The predicted molar refractivity (Wildman–Crippen MR) is 244 cm³/mol. The summed E-state index contributed by atoms with van der Waals surface area (Å²) in [6.45, 7) is 4.39. The van der Waals surface area contributed by atoms with Gasteiger partial charge in [-0.25, -0.2) is 0 Å². The van der Waals surface area contributed by atoms with E-state index in [1.54, 1.807) is 21.1 Å². The molecule has 0 saturated carbocycles. The molecule has 0 aliphatic rings. The smallest absolute Gasteiger partial charge is 0.306 e. The van der Waals surface area contributed by atoms with Crippen molar-refractivity contribution >= 4 is 17.9 Å². The van der Waals surface area contributed by atoms with Crippen LogP contribution in [0.2, 0.25) is 0 Å². The zero-order valence-electron chi connectivity index (χ0n) is 37.6. The summed E-state index contributed by atoms with van der Waals surface area (Å²) in [6, 6.07) is -0.747. The maximum atomic E-state index is 12.7. The van der Waals surface area contributed by atoms with E-state index in [1.165, 1.54) is 19.3 Å². The number of quaternary nitrogens is 1. The first kappa shape index (κ1) is 55.0. The Hall–Kier alpha value is -4.01. The lowest BCUT2D eigenvalue weighted by atomic mass is 10.1. The molecule has 332 valence electrons. The van der Waals surface area contributed by atoms with Gasteiger partial charge in [-0.2, -0.15) is 0 Å². The Kier molecular flexibility index (Phi) is 38.0. The molecular formula is C51H81NO7. The zero-order valence-corrected chi connectivity index (χ0v) is 37.6. The Labute approximate surface area is 359 Å². The van der Waals surface area contributed by atoms with E-state index in [-0.39, 0.29) is 49.1 Å². The summed E-state index contributed by atoms with van der Waals surface area (Å²) in [6.07, 6.45) is 55.4. The third-order valence-electron chi connectivity index (χ3n) is 9.24. The first-order chi connectivity index (χ1) is 28.6. The second-order valence-corrected chi connectivity index (χ2v) is 15.6. The van der Waals surface area contributed by atoms with E-state index < -0.39 is 18.1 Å². The number of hydrogen-bond donors (Lipinski definition) is 0. The lowest BCUT2D eigenvalue weighted by Crippen LogP contribution is -2.55. The summed E-state index contributed by atoms with van der Waals surface area (Å²) in [5.74, 6) is -1.86. The number of nitrogens with zero attached hydrogens (tertiary/aromatic N) is 1. The minimum atomic E-state index is -1.14. The van der Waals surface area contributed by atoms with Gasteiger partial charge < -0.3 is 28.6 Å². The van der Waals surface area contributed by atoms with Gasteiger partial charge in [0.15, 0.2) is 6.10 Å². The van der Waals surface area contributed by atoms with Crippen molar-refractivity contribution in [3.05, 3.63) is 109 Å². The van der Waals surface area contributed by atoms with E-state index >= 15 is 0 Å². The van der Waals surface area contributed by atoms with Crippen LogP contribution in [0.3, 0.4) is 0 Å². The van der Waals surface area contributed by atoms with Gasteiger partial charge in [0.25, 0.3) is 0 Å². The predicted octanol–water partition coefficient (Wildman–Crippen LogP) is 11.1. The zero-order chi connectivity index (χ0) is 43.5. The van der Waals surface area contributed by atoms with Crippen LogP contribution in [0.25, 0.3) is 0 Å². The lowest BCUT2D eigenvalue weighted by molar-refractivity contribution is -0.889. The van der Waals surface area contributed by atoms with E-state index in [1.807, 2.05) is 12.2 Å². The number of aliphatic carboxylic acids is 1. The highest BCUT2D eigenvalue weighted by Gasteiger charge is 2.25. The van der Waals surface area contributed by atoms with Crippen molar-refractivity contribution in [1.29, 1.82) is 0 Å². The Morgan fingerprint density at radius 1 is 0.542 bits per heavy atom. The van der Waals surface area contributed by atoms with Crippen LogP contribution in [0.4, 0.5) is 0 Å². The summed E-state index contributed by atoms with van der Waals surface area (Å²) in [4.78, 5) is 36.9. The van der Waals surface area contributed by atoms with E-state index in [9.17, 15) is 19.5 Å². The van der Waals surface area contributed by atoms with Gasteiger partial charge >= 0.3 is 11.9 Å². The number of likely N-dealkylation sites (N-methyl/N-ethyl adjacent to an activating group) is 1. The van der Waals surface area contributed by atoms with Gasteiger partial charge in [0.2, 0.25) is 0 Å². The van der Waals surface area contributed by atoms with E-state index in [4.69, 9.17) is 14.2 Å². The molecule has 59 heavy (non-hydrogen) atoms.